The van der Waals surface area contributed by atoms with Gasteiger partial charge < -0.3 is 4.74 Å². The van der Waals surface area contributed by atoms with E-state index in [-0.39, 0.29) is 5.78 Å². The van der Waals surface area contributed by atoms with E-state index in [4.69, 9.17) is 4.74 Å². The topological polar surface area (TPSA) is 44.1 Å². The Morgan fingerprint density at radius 2 is 2.26 bits per heavy atom. The van der Waals surface area contributed by atoms with E-state index in [0.717, 1.165) is 37.8 Å². The molecule has 0 bridgehead atoms. The third-order valence-electron chi connectivity index (χ3n) is 3.51. The zero-order valence-electron chi connectivity index (χ0n) is 11.8. The zero-order valence-corrected chi connectivity index (χ0v) is 11.8. The number of hydrogen-bond acceptors (Lipinski definition) is 3. The van der Waals surface area contributed by atoms with Crippen LogP contribution in [-0.4, -0.2) is 22.7 Å². The fourth-order valence-corrected chi connectivity index (χ4v) is 2.50. The Balaban J connectivity index is 2.30. The molecule has 0 spiro atoms. The number of aryl methyl sites for hydroxylation is 1. The first kappa shape index (κ1) is 13.8. The van der Waals surface area contributed by atoms with Crippen LogP contribution in [0.3, 0.4) is 0 Å². The summed E-state index contributed by atoms with van der Waals surface area (Å²) >= 11 is 0. The first-order valence-corrected chi connectivity index (χ1v) is 7.11. The van der Waals surface area contributed by atoms with Crippen LogP contribution in [0.25, 0.3) is 0 Å². The molecule has 0 fully saturated rings. The highest BCUT2D eigenvalue weighted by atomic mass is 16.5. The lowest BCUT2D eigenvalue weighted by atomic mass is 10.0. The predicted octanol–water partition coefficient (Wildman–Crippen LogP) is 3.37. The van der Waals surface area contributed by atoms with Gasteiger partial charge >= 0.3 is 0 Å². The van der Waals surface area contributed by atoms with E-state index in [0.29, 0.717) is 11.4 Å². The minimum atomic E-state index is 0.0877. The van der Waals surface area contributed by atoms with Crippen molar-refractivity contribution in [2.45, 2.75) is 52.0 Å². The molecule has 1 aromatic heterocycles. The summed E-state index contributed by atoms with van der Waals surface area (Å²) in [5.41, 5.74) is 1.53. The van der Waals surface area contributed by atoms with Crippen LogP contribution in [0, 0.1) is 0 Å². The van der Waals surface area contributed by atoms with E-state index in [1.54, 1.807) is 18.0 Å². The van der Waals surface area contributed by atoms with Gasteiger partial charge in [0.1, 0.15) is 0 Å². The Hall–Kier alpha value is -1.58. The maximum atomic E-state index is 12.7. The molecule has 4 heteroatoms. The number of hydrogen-bond donors (Lipinski definition) is 0. The largest absolute Gasteiger partial charge is 0.493 e. The van der Waals surface area contributed by atoms with Gasteiger partial charge in [-0.15, -0.1) is 0 Å². The lowest BCUT2D eigenvalue weighted by molar-refractivity contribution is 0.101. The summed E-state index contributed by atoms with van der Waals surface area (Å²) in [5, 5.41) is 4.26. The summed E-state index contributed by atoms with van der Waals surface area (Å²) in [6.07, 6.45) is 10.1. The molecule has 0 saturated carbocycles. The van der Waals surface area contributed by atoms with E-state index in [1.807, 2.05) is 0 Å². The van der Waals surface area contributed by atoms with Crippen LogP contribution in [0.4, 0.5) is 0 Å². The van der Waals surface area contributed by atoms with Crippen LogP contribution in [0.5, 0.6) is 5.75 Å². The quantitative estimate of drug-likeness (QED) is 0.764. The molecule has 0 N–H and O–H groups in total. The molecule has 1 heterocycles. The molecule has 0 aliphatic heterocycles. The fraction of sp³-hybridized carbons (Fsp3) is 0.600. The van der Waals surface area contributed by atoms with E-state index in [2.05, 4.69) is 18.1 Å². The van der Waals surface area contributed by atoms with Gasteiger partial charge in [0.25, 0.3) is 0 Å². The Labute approximate surface area is 114 Å². The predicted molar refractivity (Wildman–Crippen MR) is 74.6 cm³/mol. The Kier molecular flexibility index (Phi) is 4.77. The molecule has 1 aliphatic rings. The molecule has 0 amide bonds. The smallest absolute Gasteiger partial charge is 0.210 e. The molecule has 104 valence electrons. The average molecular weight is 262 g/mol. The average Bonchev–Trinajstić information content (AvgIpc) is 2.64. The second-order valence-corrected chi connectivity index (χ2v) is 4.94. The minimum absolute atomic E-state index is 0.0877. The molecule has 1 aromatic rings. The number of Topliss-reactive ketones (excluding diaryl/α,β-unsaturated/α-hetero) is 1. The molecule has 0 unspecified atom stereocenters. The summed E-state index contributed by atoms with van der Waals surface area (Å²) in [4.78, 5) is 12.7. The third-order valence-corrected chi connectivity index (χ3v) is 3.51. The van der Waals surface area contributed by atoms with Gasteiger partial charge in [0.2, 0.25) is 5.78 Å². The highest BCUT2D eigenvalue weighted by Crippen LogP contribution is 2.26. The highest BCUT2D eigenvalue weighted by molar-refractivity contribution is 6.09. The standard InChI is InChI=1S/C15H22N2O2/c1-3-10-17-14(13(19-2)11-16-17)15(18)12-8-6-4-5-7-9-12/h8,11H,3-7,9-10H2,1-2H3. The van der Waals surface area contributed by atoms with Crippen molar-refractivity contribution in [3.8, 4) is 5.75 Å². The normalized spacial score (nSPS) is 15.8. The number of rotatable bonds is 5. The molecular formula is C15H22N2O2. The highest BCUT2D eigenvalue weighted by Gasteiger charge is 2.22. The van der Waals surface area contributed by atoms with Gasteiger partial charge in [0.15, 0.2) is 11.4 Å². The van der Waals surface area contributed by atoms with Gasteiger partial charge in [-0.1, -0.05) is 19.4 Å². The number of ether oxygens (including phenoxy) is 1. The van der Waals surface area contributed by atoms with Crippen molar-refractivity contribution in [1.82, 2.24) is 9.78 Å². The molecule has 0 atom stereocenters. The van der Waals surface area contributed by atoms with Crippen LogP contribution < -0.4 is 4.74 Å². The van der Waals surface area contributed by atoms with Crippen molar-refractivity contribution < 1.29 is 9.53 Å². The molecule has 2 rings (SSSR count). The van der Waals surface area contributed by atoms with Crippen LogP contribution in [0.15, 0.2) is 17.8 Å². The zero-order chi connectivity index (χ0) is 13.7. The summed E-state index contributed by atoms with van der Waals surface area (Å²) < 4.78 is 7.05. The number of carbonyl (C=O) groups excluding carboxylic acids is 1. The molecule has 4 nitrogen and oxygen atoms in total. The number of nitrogens with zero attached hydrogens (tertiary/aromatic N) is 2. The molecule has 0 aromatic carbocycles. The van der Waals surface area contributed by atoms with Crippen molar-refractivity contribution in [2.24, 2.45) is 0 Å². The van der Waals surface area contributed by atoms with Gasteiger partial charge in [0.05, 0.1) is 13.3 Å². The van der Waals surface area contributed by atoms with Gasteiger partial charge in [-0.05, 0) is 37.7 Å². The number of methoxy groups -OCH3 is 1. The Morgan fingerprint density at radius 3 is 3.00 bits per heavy atom. The van der Waals surface area contributed by atoms with Gasteiger partial charge in [-0.2, -0.15) is 5.10 Å². The lowest BCUT2D eigenvalue weighted by Gasteiger charge is -2.09. The number of aromatic nitrogens is 2. The maximum absolute atomic E-state index is 12.7. The van der Waals surface area contributed by atoms with E-state index >= 15 is 0 Å². The SMILES string of the molecule is CCCn1ncc(OC)c1C(=O)C1=CCCCCC1. The third kappa shape index (κ3) is 3.06. The summed E-state index contributed by atoms with van der Waals surface area (Å²) in [6, 6.07) is 0. The van der Waals surface area contributed by atoms with Crippen molar-refractivity contribution >= 4 is 5.78 Å². The van der Waals surface area contributed by atoms with Crippen LogP contribution in [0.1, 0.15) is 55.9 Å². The van der Waals surface area contributed by atoms with Gasteiger partial charge in [-0.25, -0.2) is 0 Å². The van der Waals surface area contributed by atoms with Gasteiger partial charge in [-0.3, -0.25) is 9.48 Å². The minimum Gasteiger partial charge on any atom is -0.493 e. The van der Waals surface area contributed by atoms with E-state index in [9.17, 15) is 4.79 Å². The molecule has 19 heavy (non-hydrogen) atoms. The molecule has 0 radical (unpaired) electrons. The van der Waals surface area contributed by atoms with Gasteiger partial charge in [0, 0.05) is 6.54 Å². The lowest BCUT2D eigenvalue weighted by Crippen LogP contribution is -2.13. The van der Waals surface area contributed by atoms with Crippen LogP contribution in [-0.2, 0) is 6.54 Å². The fourth-order valence-electron chi connectivity index (χ4n) is 2.50. The summed E-state index contributed by atoms with van der Waals surface area (Å²) in [7, 11) is 1.59. The first-order valence-electron chi connectivity index (χ1n) is 7.11. The second-order valence-electron chi connectivity index (χ2n) is 4.94. The molecular weight excluding hydrogens is 240 g/mol. The number of carbonyl (C=O) groups is 1. The van der Waals surface area contributed by atoms with E-state index in [1.165, 1.54) is 12.8 Å². The van der Waals surface area contributed by atoms with Crippen LogP contribution in [0.2, 0.25) is 0 Å². The van der Waals surface area contributed by atoms with Crippen LogP contribution >= 0.6 is 0 Å². The molecule has 0 saturated heterocycles. The van der Waals surface area contributed by atoms with E-state index < -0.39 is 0 Å². The second kappa shape index (κ2) is 6.55. The van der Waals surface area contributed by atoms with Crippen molar-refractivity contribution in [3.63, 3.8) is 0 Å². The number of allylic oxidation sites excluding steroid dienone is 2. The maximum Gasteiger partial charge on any atom is 0.210 e. The number of ketones is 1. The van der Waals surface area contributed by atoms with Crippen molar-refractivity contribution in [3.05, 3.63) is 23.5 Å². The van der Waals surface area contributed by atoms with Crippen molar-refractivity contribution in [1.29, 1.82) is 0 Å². The molecule has 1 aliphatic carbocycles. The summed E-state index contributed by atoms with van der Waals surface area (Å²) in [5.74, 6) is 0.674. The first-order chi connectivity index (χ1) is 9.27. The Bertz CT molecular complexity index is 474. The Morgan fingerprint density at radius 1 is 1.42 bits per heavy atom. The monoisotopic (exact) mass is 262 g/mol. The summed E-state index contributed by atoms with van der Waals surface area (Å²) in [6.45, 7) is 2.82. The van der Waals surface area contributed by atoms with Crippen molar-refractivity contribution in [2.75, 3.05) is 7.11 Å².